The van der Waals surface area contributed by atoms with Crippen molar-refractivity contribution in [1.29, 1.82) is 0 Å². The van der Waals surface area contributed by atoms with Gasteiger partial charge in [-0.15, -0.1) is 36.2 Å². The van der Waals surface area contributed by atoms with Gasteiger partial charge in [0.2, 0.25) is 0 Å². The Hall–Kier alpha value is -0.0700. The molecule has 3 heterocycles. The molecule has 2 saturated heterocycles. The molecule has 0 saturated carbocycles. The van der Waals surface area contributed by atoms with Crippen molar-refractivity contribution in [3.05, 3.63) is 11.1 Å². The standard InChI is InChI=1S/C14H24N4S.2ClH/c15-14-16-12(11-19-14)10-17-8-4-13(5-9-17)18-6-2-1-3-7-18;;/h11,13H,1-10H2,(H2,15,16);2*1H. The molecule has 1 aromatic rings. The van der Waals surface area contributed by atoms with Gasteiger partial charge in [-0.05, 0) is 38.8 Å². The summed E-state index contributed by atoms with van der Waals surface area (Å²) < 4.78 is 0. The van der Waals surface area contributed by atoms with Crippen LogP contribution in [0.2, 0.25) is 0 Å². The number of rotatable bonds is 3. The van der Waals surface area contributed by atoms with Crippen molar-refractivity contribution in [2.75, 3.05) is 31.9 Å². The lowest BCUT2D eigenvalue weighted by Gasteiger charge is -2.40. The van der Waals surface area contributed by atoms with Crippen molar-refractivity contribution in [3.63, 3.8) is 0 Å². The van der Waals surface area contributed by atoms with Gasteiger partial charge in [-0.2, -0.15) is 0 Å². The molecule has 0 bridgehead atoms. The van der Waals surface area contributed by atoms with E-state index in [1.807, 2.05) is 0 Å². The third kappa shape index (κ3) is 5.25. The smallest absolute Gasteiger partial charge is 0.180 e. The van der Waals surface area contributed by atoms with Gasteiger partial charge in [-0.25, -0.2) is 4.98 Å². The van der Waals surface area contributed by atoms with Crippen LogP contribution in [0.3, 0.4) is 0 Å². The highest BCUT2D eigenvalue weighted by Crippen LogP contribution is 2.22. The number of hydrogen-bond acceptors (Lipinski definition) is 5. The van der Waals surface area contributed by atoms with E-state index in [0.29, 0.717) is 5.13 Å². The summed E-state index contributed by atoms with van der Waals surface area (Å²) in [5.74, 6) is 0. The predicted octanol–water partition coefficient (Wildman–Crippen LogP) is 3.02. The lowest BCUT2D eigenvalue weighted by Crippen LogP contribution is -2.46. The van der Waals surface area contributed by atoms with E-state index < -0.39 is 0 Å². The van der Waals surface area contributed by atoms with Crippen molar-refractivity contribution in [2.24, 2.45) is 0 Å². The normalized spacial score (nSPS) is 21.5. The summed E-state index contributed by atoms with van der Waals surface area (Å²) in [6.45, 7) is 6.04. The van der Waals surface area contributed by atoms with Crippen LogP contribution in [-0.2, 0) is 6.54 Å². The van der Waals surface area contributed by atoms with Crippen molar-refractivity contribution >= 4 is 41.3 Å². The lowest BCUT2D eigenvalue weighted by atomic mass is 10.00. The van der Waals surface area contributed by atoms with E-state index in [4.69, 9.17) is 5.73 Å². The number of aromatic nitrogens is 1. The van der Waals surface area contributed by atoms with E-state index >= 15 is 0 Å². The molecule has 2 N–H and O–H groups in total. The summed E-state index contributed by atoms with van der Waals surface area (Å²) in [5.41, 5.74) is 6.82. The summed E-state index contributed by atoms with van der Waals surface area (Å²) in [7, 11) is 0. The SMILES string of the molecule is Cl.Cl.Nc1nc(CN2CCC(N3CCCCC3)CC2)cs1. The molecular formula is C14H26Cl2N4S. The van der Waals surface area contributed by atoms with Gasteiger partial charge < -0.3 is 10.6 Å². The van der Waals surface area contributed by atoms with Crippen LogP contribution in [0.4, 0.5) is 5.13 Å². The van der Waals surface area contributed by atoms with Crippen LogP contribution in [0.25, 0.3) is 0 Å². The van der Waals surface area contributed by atoms with E-state index in [0.717, 1.165) is 18.3 Å². The number of anilines is 1. The molecule has 7 heteroatoms. The monoisotopic (exact) mass is 352 g/mol. The molecule has 0 unspecified atom stereocenters. The third-order valence-corrected chi connectivity index (χ3v) is 5.14. The zero-order valence-corrected chi connectivity index (χ0v) is 14.8. The van der Waals surface area contributed by atoms with Gasteiger partial charge in [0.1, 0.15) is 0 Å². The molecule has 0 spiro atoms. The first-order valence-electron chi connectivity index (χ1n) is 7.47. The fraction of sp³-hybridized carbons (Fsp3) is 0.786. The van der Waals surface area contributed by atoms with Crippen LogP contribution in [0.1, 0.15) is 37.8 Å². The maximum atomic E-state index is 5.69. The molecular weight excluding hydrogens is 327 g/mol. The largest absolute Gasteiger partial charge is 0.375 e. The maximum absolute atomic E-state index is 5.69. The number of hydrogen-bond donors (Lipinski definition) is 1. The summed E-state index contributed by atoms with van der Waals surface area (Å²) in [6, 6.07) is 0.831. The Morgan fingerprint density at radius 3 is 2.33 bits per heavy atom. The number of nitrogens with zero attached hydrogens (tertiary/aromatic N) is 3. The summed E-state index contributed by atoms with van der Waals surface area (Å²) >= 11 is 1.55. The zero-order valence-electron chi connectivity index (χ0n) is 12.4. The Kier molecular flexibility index (Phi) is 8.27. The van der Waals surface area contributed by atoms with Gasteiger partial charge in [0.15, 0.2) is 5.13 Å². The average molecular weight is 353 g/mol. The Balaban J connectivity index is 0.00000110. The second-order valence-corrected chi connectivity index (χ2v) is 6.67. The molecule has 0 radical (unpaired) electrons. The van der Waals surface area contributed by atoms with E-state index in [-0.39, 0.29) is 24.8 Å². The summed E-state index contributed by atoms with van der Waals surface area (Å²) in [5, 5.41) is 2.78. The molecule has 2 aliphatic rings. The number of halogens is 2. The van der Waals surface area contributed by atoms with Crippen LogP contribution < -0.4 is 5.73 Å². The van der Waals surface area contributed by atoms with Crippen LogP contribution in [0.5, 0.6) is 0 Å². The number of likely N-dealkylation sites (tertiary alicyclic amines) is 2. The molecule has 3 rings (SSSR count). The molecule has 0 aliphatic carbocycles. The molecule has 2 fully saturated rings. The van der Waals surface area contributed by atoms with Crippen LogP contribution in [-0.4, -0.2) is 47.0 Å². The van der Waals surface area contributed by atoms with E-state index in [9.17, 15) is 0 Å². The Bertz CT molecular complexity index is 401. The first kappa shape index (κ1) is 19.0. The molecule has 0 aromatic carbocycles. The fourth-order valence-corrected chi connectivity index (χ4v) is 3.90. The highest BCUT2D eigenvalue weighted by Gasteiger charge is 2.25. The first-order chi connectivity index (χ1) is 9.31. The highest BCUT2D eigenvalue weighted by atomic mass is 35.5. The van der Waals surface area contributed by atoms with Crippen molar-refractivity contribution in [3.8, 4) is 0 Å². The topological polar surface area (TPSA) is 45.4 Å². The van der Waals surface area contributed by atoms with Gasteiger partial charge in [-0.3, -0.25) is 4.90 Å². The van der Waals surface area contributed by atoms with Crippen LogP contribution in [0.15, 0.2) is 5.38 Å². The molecule has 0 atom stereocenters. The average Bonchev–Trinajstić information content (AvgIpc) is 2.86. The highest BCUT2D eigenvalue weighted by molar-refractivity contribution is 7.13. The second kappa shape index (κ2) is 9.16. The quantitative estimate of drug-likeness (QED) is 0.907. The van der Waals surface area contributed by atoms with Gasteiger partial charge in [0, 0.05) is 31.1 Å². The number of piperidine rings is 2. The maximum Gasteiger partial charge on any atom is 0.180 e. The number of thiazole rings is 1. The van der Waals surface area contributed by atoms with Gasteiger partial charge in [0.05, 0.1) is 5.69 Å². The van der Waals surface area contributed by atoms with E-state index in [1.165, 1.54) is 58.3 Å². The Morgan fingerprint density at radius 1 is 1.10 bits per heavy atom. The molecule has 0 amide bonds. The fourth-order valence-electron chi connectivity index (χ4n) is 3.35. The van der Waals surface area contributed by atoms with Crippen molar-refractivity contribution in [1.82, 2.24) is 14.8 Å². The summed E-state index contributed by atoms with van der Waals surface area (Å²) in [4.78, 5) is 9.60. The molecule has 122 valence electrons. The molecule has 21 heavy (non-hydrogen) atoms. The predicted molar refractivity (Wildman–Crippen MR) is 94.7 cm³/mol. The number of nitrogens with two attached hydrogens (primary N) is 1. The van der Waals surface area contributed by atoms with Gasteiger partial charge in [-0.1, -0.05) is 6.42 Å². The Labute approximate surface area is 143 Å². The molecule has 1 aromatic heterocycles. The van der Waals surface area contributed by atoms with Crippen molar-refractivity contribution < 1.29 is 0 Å². The first-order valence-corrected chi connectivity index (χ1v) is 8.35. The third-order valence-electron chi connectivity index (χ3n) is 4.42. The minimum Gasteiger partial charge on any atom is -0.375 e. The van der Waals surface area contributed by atoms with Gasteiger partial charge >= 0.3 is 0 Å². The lowest BCUT2D eigenvalue weighted by molar-refractivity contribution is 0.0892. The van der Waals surface area contributed by atoms with Crippen LogP contribution >= 0.6 is 36.2 Å². The second-order valence-electron chi connectivity index (χ2n) is 5.78. The zero-order chi connectivity index (χ0) is 13.1. The number of nitrogen functional groups attached to an aromatic ring is 1. The van der Waals surface area contributed by atoms with Crippen molar-refractivity contribution in [2.45, 2.75) is 44.7 Å². The van der Waals surface area contributed by atoms with E-state index in [1.54, 1.807) is 11.3 Å². The van der Waals surface area contributed by atoms with E-state index in [2.05, 4.69) is 20.2 Å². The molecule has 2 aliphatic heterocycles. The van der Waals surface area contributed by atoms with Gasteiger partial charge in [0.25, 0.3) is 0 Å². The molecule has 4 nitrogen and oxygen atoms in total. The Morgan fingerprint density at radius 2 is 1.76 bits per heavy atom. The summed E-state index contributed by atoms with van der Waals surface area (Å²) in [6.07, 6.45) is 6.87. The van der Waals surface area contributed by atoms with Crippen LogP contribution in [0, 0.1) is 0 Å². The minimum absolute atomic E-state index is 0. The minimum atomic E-state index is 0.